The summed E-state index contributed by atoms with van der Waals surface area (Å²) in [6, 6.07) is 4.67. The summed E-state index contributed by atoms with van der Waals surface area (Å²) in [6.45, 7) is 0.491. The van der Waals surface area contributed by atoms with Gasteiger partial charge in [-0.3, -0.25) is 0 Å². The van der Waals surface area contributed by atoms with Crippen LogP contribution in [0, 0.1) is 0 Å². The molecule has 0 fully saturated rings. The number of rotatable bonds is 6. The van der Waals surface area contributed by atoms with Gasteiger partial charge in [0.15, 0.2) is 0 Å². The summed E-state index contributed by atoms with van der Waals surface area (Å²) in [6.07, 6.45) is -3.90. The third kappa shape index (κ3) is 5.60. The first-order valence-corrected chi connectivity index (χ1v) is 5.53. The first kappa shape index (κ1) is 15.3. The van der Waals surface area contributed by atoms with Gasteiger partial charge in [-0.15, -0.1) is 0 Å². The van der Waals surface area contributed by atoms with Crippen LogP contribution in [0.15, 0.2) is 29.4 Å². The second-order valence-corrected chi connectivity index (χ2v) is 3.79. The van der Waals surface area contributed by atoms with Gasteiger partial charge in [-0.2, -0.15) is 13.2 Å². The largest absolute Gasteiger partial charge is 0.416 e. The van der Waals surface area contributed by atoms with Crippen LogP contribution in [-0.2, 0) is 22.4 Å². The number of hydrogen-bond donors (Lipinski definition) is 1. The zero-order chi connectivity index (χ0) is 14.3. The molecule has 0 heterocycles. The number of methoxy groups -OCH3 is 1. The molecule has 1 rings (SSSR count). The van der Waals surface area contributed by atoms with E-state index >= 15 is 0 Å². The van der Waals surface area contributed by atoms with Gasteiger partial charge in [0, 0.05) is 13.5 Å². The Morgan fingerprint density at radius 1 is 1.26 bits per heavy atom. The minimum atomic E-state index is -4.33. The van der Waals surface area contributed by atoms with Crippen LogP contribution in [-0.4, -0.2) is 19.6 Å². The molecule has 4 nitrogen and oxygen atoms in total. The minimum absolute atomic E-state index is 0.0613. The van der Waals surface area contributed by atoms with Crippen molar-refractivity contribution in [1.29, 1.82) is 0 Å². The highest BCUT2D eigenvalue weighted by molar-refractivity contribution is 5.79. The summed E-state index contributed by atoms with van der Waals surface area (Å²) in [7, 11) is 1.54. The molecule has 0 aliphatic heterocycles. The van der Waals surface area contributed by atoms with E-state index in [-0.39, 0.29) is 12.4 Å². The molecule has 0 aliphatic carbocycles. The Labute approximate surface area is 109 Å². The first-order chi connectivity index (χ1) is 8.93. The molecule has 0 spiro atoms. The Morgan fingerprint density at radius 3 is 2.42 bits per heavy atom. The number of halogens is 3. The summed E-state index contributed by atoms with van der Waals surface area (Å²) in [5, 5.41) is 3.62. The predicted molar refractivity (Wildman–Crippen MR) is 64.3 cm³/mol. The van der Waals surface area contributed by atoms with Crippen LogP contribution in [0.4, 0.5) is 13.2 Å². The quantitative estimate of drug-likeness (QED) is 0.493. The Balaban J connectivity index is 2.46. The molecule has 0 aromatic heterocycles. The van der Waals surface area contributed by atoms with Crippen molar-refractivity contribution < 1.29 is 22.7 Å². The van der Waals surface area contributed by atoms with Gasteiger partial charge in [-0.25, -0.2) is 0 Å². The SMILES string of the molecule is COCC/C(N)=N/OCc1ccc(C(F)(F)F)cc1. The van der Waals surface area contributed by atoms with Crippen LogP contribution < -0.4 is 5.73 Å². The number of benzene rings is 1. The summed E-state index contributed by atoms with van der Waals surface area (Å²) in [5.41, 5.74) is 5.39. The second kappa shape index (κ2) is 6.98. The molecule has 0 unspecified atom stereocenters. The molecule has 2 N–H and O–H groups in total. The highest BCUT2D eigenvalue weighted by Crippen LogP contribution is 2.29. The lowest BCUT2D eigenvalue weighted by atomic mass is 10.1. The van der Waals surface area contributed by atoms with Crippen molar-refractivity contribution in [2.75, 3.05) is 13.7 Å². The van der Waals surface area contributed by atoms with E-state index in [0.29, 0.717) is 18.6 Å². The molecule has 0 radical (unpaired) electrons. The van der Waals surface area contributed by atoms with Gasteiger partial charge in [0.25, 0.3) is 0 Å². The molecular formula is C12H15F3N2O2. The lowest BCUT2D eigenvalue weighted by Gasteiger charge is -2.07. The second-order valence-electron chi connectivity index (χ2n) is 3.79. The summed E-state index contributed by atoms with van der Waals surface area (Å²) in [5.74, 6) is 0.272. The molecule has 1 aromatic carbocycles. The number of hydrogen-bond acceptors (Lipinski definition) is 3. The number of oxime groups is 1. The summed E-state index contributed by atoms with van der Waals surface area (Å²) < 4.78 is 41.7. The smallest absolute Gasteiger partial charge is 0.390 e. The Morgan fingerprint density at radius 2 is 1.89 bits per heavy atom. The Kier molecular flexibility index (Phi) is 5.62. The van der Waals surface area contributed by atoms with Gasteiger partial charge in [0.05, 0.1) is 12.2 Å². The van der Waals surface area contributed by atoms with Gasteiger partial charge in [-0.05, 0) is 17.7 Å². The van der Waals surface area contributed by atoms with E-state index in [1.807, 2.05) is 0 Å². The molecular weight excluding hydrogens is 261 g/mol. The van der Waals surface area contributed by atoms with E-state index in [0.717, 1.165) is 12.1 Å². The van der Waals surface area contributed by atoms with Crippen LogP contribution in [0.5, 0.6) is 0 Å². The highest BCUT2D eigenvalue weighted by Gasteiger charge is 2.29. The van der Waals surface area contributed by atoms with E-state index in [1.165, 1.54) is 19.2 Å². The Hall–Kier alpha value is -1.76. The molecule has 0 amide bonds. The van der Waals surface area contributed by atoms with Crippen molar-refractivity contribution in [3.8, 4) is 0 Å². The van der Waals surface area contributed by atoms with Crippen molar-refractivity contribution in [3.63, 3.8) is 0 Å². The fourth-order valence-corrected chi connectivity index (χ4v) is 1.23. The fraction of sp³-hybridized carbons (Fsp3) is 0.417. The van der Waals surface area contributed by atoms with Gasteiger partial charge in [0.2, 0.25) is 0 Å². The average Bonchev–Trinajstić information content (AvgIpc) is 2.36. The number of amidine groups is 1. The zero-order valence-corrected chi connectivity index (χ0v) is 10.4. The highest BCUT2D eigenvalue weighted by atomic mass is 19.4. The molecule has 0 atom stereocenters. The van der Waals surface area contributed by atoms with Crippen molar-refractivity contribution in [1.82, 2.24) is 0 Å². The van der Waals surface area contributed by atoms with Crippen LogP contribution in [0.25, 0.3) is 0 Å². The molecule has 0 bridgehead atoms. The van der Waals surface area contributed by atoms with Gasteiger partial charge >= 0.3 is 6.18 Å². The summed E-state index contributed by atoms with van der Waals surface area (Å²) >= 11 is 0. The van der Waals surface area contributed by atoms with Crippen molar-refractivity contribution >= 4 is 5.84 Å². The maximum absolute atomic E-state index is 12.3. The monoisotopic (exact) mass is 276 g/mol. The van der Waals surface area contributed by atoms with Gasteiger partial charge in [0.1, 0.15) is 12.4 Å². The van der Waals surface area contributed by atoms with E-state index in [9.17, 15) is 13.2 Å². The topological polar surface area (TPSA) is 56.8 Å². The van der Waals surface area contributed by atoms with Gasteiger partial charge in [-0.1, -0.05) is 17.3 Å². The Bertz CT molecular complexity index is 416. The van der Waals surface area contributed by atoms with Gasteiger partial charge < -0.3 is 15.3 Å². The van der Waals surface area contributed by atoms with Crippen LogP contribution in [0.3, 0.4) is 0 Å². The summed E-state index contributed by atoms with van der Waals surface area (Å²) in [4.78, 5) is 4.93. The van der Waals surface area contributed by atoms with E-state index in [2.05, 4.69) is 5.16 Å². The number of alkyl halides is 3. The minimum Gasteiger partial charge on any atom is -0.390 e. The molecule has 1 aromatic rings. The normalized spacial score (nSPS) is 12.5. The predicted octanol–water partition coefficient (Wildman–Crippen LogP) is 2.53. The zero-order valence-electron chi connectivity index (χ0n) is 10.4. The number of nitrogens with two attached hydrogens (primary N) is 1. The van der Waals surface area contributed by atoms with Crippen LogP contribution in [0.1, 0.15) is 17.5 Å². The molecule has 0 saturated carbocycles. The van der Waals surface area contributed by atoms with E-state index in [1.54, 1.807) is 0 Å². The molecule has 7 heteroatoms. The molecule has 19 heavy (non-hydrogen) atoms. The van der Waals surface area contributed by atoms with Crippen molar-refractivity contribution in [2.24, 2.45) is 10.9 Å². The molecule has 0 aliphatic rings. The molecule has 0 saturated heterocycles. The van der Waals surface area contributed by atoms with Crippen LogP contribution >= 0.6 is 0 Å². The third-order valence-corrected chi connectivity index (χ3v) is 2.26. The maximum Gasteiger partial charge on any atom is 0.416 e. The van der Waals surface area contributed by atoms with Crippen molar-refractivity contribution in [2.45, 2.75) is 19.2 Å². The number of nitrogens with zero attached hydrogens (tertiary/aromatic N) is 1. The van der Waals surface area contributed by atoms with Crippen LogP contribution in [0.2, 0.25) is 0 Å². The maximum atomic E-state index is 12.3. The van der Waals surface area contributed by atoms with E-state index < -0.39 is 11.7 Å². The third-order valence-electron chi connectivity index (χ3n) is 2.26. The lowest BCUT2D eigenvalue weighted by molar-refractivity contribution is -0.137. The average molecular weight is 276 g/mol. The van der Waals surface area contributed by atoms with Crippen molar-refractivity contribution in [3.05, 3.63) is 35.4 Å². The fourth-order valence-electron chi connectivity index (χ4n) is 1.23. The molecule has 106 valence electrons. The standard InChI is InChI=1S/C12H15F3N2O2/c1-18-7-6-11(16)17-19-8-9-2-4-10(5-3-9)12(13,14)15/h2-5H,6-8H2,1H3,(H2,16,17). The lowest BCUT2D eigenvalue weighted by Crippen LogP contribution is -2.14. The van der Waals surface area contributed by atoms with E-state index in [4.69, 9.17) is 15.3 Å². The first-order valence-electron chi connectivity index (χ1n) is 5.53. The number of ether oxygens (including phenoxy) is 1.